The third-order valence-electron chi connectivity index (χ3n) is 4.05. The minimum absolute atomic E-state index is 0.223. The van der Waals surface area contributed by atoms with Gasteiger partial charge in [-0.25, -0.2) is 0 Å². The molecule has 1 unspecified atom stereocenters. The van der Waals surface area contributed by atoms with Gasteiger partial charge in [-0.2, -0.15) is 0 Å². The molecule has 1 atom stereocenters. The van der Waals surface area contributed by atoms with E-state index in [1.54, 1.807) is 0 Å². The summed E-state index contributed by atoms with van der Waals surface area (Å²) >= 11 is 0. The first-order chi connectivity index (χ1) is 9.37. The van der Waals surface area contributed by atoms with Crippen molar-refractivity contribution in [2.24, 2.45) is 11.3 Å². The van der Waals surface area contributed by atoms with E-state index in [1.165, 1.54) is 25.9 Å². The smallest absolute Gasteiger partial charge is 0.219 e. The lowest BCUT2D eigenvalue weighted by molar-refractivity contribution is -0.121. The molecule has 1 aliphatic rings. The van der Waals surface area contributed by atoms with E-state index in [0.717, 1.165) is 38.3 Å². The average Bonchev–Trinajstić information content (AvgIpc) is 2.33. The predicted octanol–water partition coefficient (Wildman–Crippen LogP) is 3.44. The van der Waals surface area contributed by atoms with Crippen LogP contribution in [0.25, 0.3) is 0 Å². The number of nitrogens with zero attached hydrogens (tertiary/aromatic N) is 1. The Bertz CT molecular complexity index is 283. The molecule has 0 saturated carbocycles. The zero-order valence-electron chi connectivity index (χ0n) is 14.0. The van der Waals surface area contributed by atoms with Gasteiger partial charge in [-0.1, -0.05) is 27.7 Å². The Kier molecular flexibility index (Phi) is 7.57. The van der Waals surface area contributed by atoms with Crippen molar-refractivity contribution in [2.75, 3.05) is 26.2 Å². The number of hydrogen-bond donors (Lipinski definition) is 1. The zero-order valence-corrected chi connectivity index (χ0v) is 14.0. The van der Waals surface area contributed by atoms with Crippen molar-refractivity contribution in [1.82, 2.24) is 10.2 Å². The van der Waals surface area contributed by atoms with Crippen LogP contribution in [0.15, 0.2) is 0 Å². The number of amides is 1. The summed E-state index contributed by atoms with van der Waals surface area (Å²) in [5.74, 6) is 1.07. The molecule has 0 aromatic rings. The number of carbonyl (C=O) groups is 1. The fourth-order valence-electron chi connectivity index (χ4n) is 2.89. The maximum atomic E-state index is 11.7. The standard InChI is InChI=1S/C17H34N2O/c1-15-8-6-12-19(14-15)13-7-11-18-16(20)9-5-10-17(2,3)4/h15H,5-14H2,1-4H3,(H,18,20). The van der Waals surface area contributed by atoms with Crippen molar-refractivity contribution < 1.29 is 4.79 Å². The van der Waals surface area contributed by atoms with Crippen molar-refractivity contribution in [2.45, 2.75) is 66.2 Å². The molecule has 20 heavy (non-hydrogen) atoms. The van der Waals surface area contributed by atoms with Gasteiger partial charge in [0, 0.05) is 19.5 Å². The van der Waals surface area contributed by atoms with Gasteiger partial charge < -0.3 is 10.2 Å². The molecule has 0 spiro atoms. The Labute approximate surface area is 125 Å². The Morgan fingerprint density at radius 2 is 2.05 bits per heavy atom. The molecule has 3 nitrogen and oxygen atoms in total. The molecule has 1 amide bonds. The molecule has 0 bridgehead atoms. The summed E-state index contributed by atoms with van der Waals surface area (Å²) in [5, 5.41) is 3.05. The monoisotopic (exact) mass is 282 g/mol. The second kappa shape index (κ2) is 8.66. The Morgan fingerprint density at radius 1 is 1.30 bits per heavy atom. The summed E-state index contributed by atoms with van der Waals surface area (Å²) in [6.07, 6.45) is 6.59. The predicted molar refractivity (Wildman–Crippen MR) is 85.8 cm³/mol. The molecule has 0 aromatic heterocycles. The second-order valence-corrected chi connectivity index (χ2v) is 7.67. The van der Waals surface area contributed by atoms with Crippen molar-refractivity contribution in [3.05, 3.63) is 0 Å². The number of nitrogens with one attached hydrogen (secondary N) is 1. The van der Waals surface area contributed by atoms with Gasteiger partial charge in [-0.15, -0.1) is 0 Å². The van der Waals surface area contributed by atoms with Crippen LogP contribution in [0.4, 0.5) is 0 Å². The van der Waals surface area contributed by atoms with Crippen molar-refractivity contribution in [3.63, 3.8) is 0 Å². The summed E-state index contributed by atoms with van der Waals surface area (Å²) in [6, 6.07) is 0. The lowest BCUT2D eigenvalue weighted by Gasteiger charge is -2.30. The van der Waals surface area contributed by atoms with Crippen molar-refractivity contribution >= 4 is 5.91 Å². The van der Waals surface area contributed by atoms with Gasteiger partial charge in [-0.05, 0) is 56.5 Å². The lowest BCUT2D eigenvalue weighted by Crippen LogP contribution is -2.36. The zero-order chi connectivity index (χ0) is 15.0. The van der Waals surface area contributed by atoms with Crippen LogP contribution in [0.3, 0.4) is 0 Å². The van der Waals surface area contributed by atoms with Crippen LogP contribution in [-0.4, -0.2) is 37.0 Å². The Morgan fingerprint density at radius 3 is 2.70 bits per heavy atom. The van der Waals surface area contributed by atoms with Gasteiger partial charge in [0.05, 0.1) is 0 Å². The molecule has 3 heteroatoms. The van der Waals surface area contributed by atoms with Crippen LogP contribution in [-0.2, 0) is 4.79 Å². The van der Waals surface area contributed by atoms with Crippen LogP contribution in [0.5, 0.6) is 0 Å². The van der Waals surface area contributed by atoms with Gasteiger partial charge in [0.1, 0.15) is 0 Å². The van der Waals surface area contributed by atoms with Gasteiger partial charge in [0.2, 0.25) is 5.91 Å². The van der Waals surface area contributed by atoms with E-state index in [0.29, 0.717) is 11.8 Å². The van der Waals surface area contributed by atoms with E-state index >= 15 is 0 Å². The SMILES string of the molecule is CC1CCCN(CCCNC(=O)CCCC(C)(C)C)C1. The molecule has 1 rings (SSSR count). The molecule has 0 aromatic carbocycles. The number of piperidine rings is 1. The van der Waals surface area contributed by atoms with Crippen molar-refractivity contribution in [1.29, 1.82) is 0 Å². The fraction of sp³-hybridized carbons (Fsp3) is 0.941. The first kappa shape index (κ1) is 17.5. The number of carbonyl (C=O) groups excluding carboxylic acids is 1. The number of likely N-dealkylation sites (tertiary alicyclic amines) is 1. The number of hydrogen-bond acceptors (Lipinski definition) is 2. The molecular formula is C17H34N2O. The molecule has 0 radical (unpaired) electrons. The van der Waals surface area contributed by atoms with E-state index in [2.05, 4.69) is 37.9 Å². The quantitative estimate of drug-likeness (QED) is 0.725. The highest BCUT2D eigenvalue weighted by atomic mass is 16.1. The third kappa shape index (κ3) is 8.57. The van der Waals surface area contributed by atoms with Crippen LogP contribution in [0, 0.1) is 11.3 Å². The molecule has 1 saturated heterocycles. The van der Waals surface area contributed by atoms with E-state index in [4.69, 9.17) is 0 Å². The summed E-state index contributed by atoms with van der Waals surface area (Å²) in [5.41, 5.74) is 0.339. The van der Waals surface area contributed by atoms with E-state index < -0.39 is 0 Å². The van der Waals surface area contributed by atoms with E-state index in [9.17, 15) is 4.79 Å². The molecule has 0 aliphatic carbocycles. The summed E-state index contributed by atoms with van der Waals surface area (Å²) in [7, 11) is 0. The summed E-state index contributed by atoms with van der Waals surface area (Å²) in [6.45, 7) is 13.5. The molecule has 1 fully saturated rings. The van der Waals surface area contributed by atoms with Crippen LogP contribution < -0.4 is 5.32 Å². The summed E-state index contributed by atoms with van der Waals surface area (Å²) < 4.78 is 0. The first-order valence-electron chi connectivity index (χ1n) is 8.36. The highest BCUT2D eigenvalue weighted by Gasteiger charge is 2.15. The third-order valence-corrected chi connectivity index (χ3v) is 4.05. The van der Waals surface area contributed by atoms with Crippen LogP contribution in [0.1, 0.15) is 66.2 Å². The lowest BCUT2D eigenvalue weighted by atomic mass is 9.90. The number of rotatable bonds is 7. The van der Waals surface area contributed by atoms with Gasteiger partial charge >= 0.3 is 0 Å². The first-order valence-corrected chi connectivity index (χ1v) is 8.36. The maximum absolute atomic E-state index is 11.7. The molecule has 1 N–H and O–H groups in total. The molecular weight excluding hydrogens is 248 g/mol. The van der Waals surface area contributed by atoms with Crippen LogP contribution >= 0.6 is 0 Å². The van der Waals surface area contributed by atoms with E-state index in [-0.39, 0.29) is 5.91 Å². The highest BCUT2D eigenvalue weighted by Crippen LogP contribution is 2.21. The molecule has 1 heterocycles. The largest absolute Gasteiger partial charge is 0.356 e. The highest BCUT2D eigenvalue weighted by molar-refractivity contribution is 5.75. The minimum Gasteiger partial charge on any atom is -0.356 e. The second-order valence-electron chi connectivity index (χ2n) is 7.67. The average molecular weight is 282 g/mol. The Balaban J connectivity index is 1.99. The van der Waals surface area contributed by atoms with Gasteiger partial charge in [0.15, 0.2) is 0 Å². The molecule has 118 valence electrons. The van der Waals surface area contributed by atoms with Gasteiger partial charge in [-0.3, -0.25) is 4.79 Å². The topological polar surface area (TPSA) is 32.3 Å². The molecule has 1 aliphatic heterocycles. The fourth-order valence-corrected chi connectivity index (χ4v) is 2.89. The van der Waals surface area contributed by atoms with Gasteiger partial charge in [0.25, 0.3) is 0 Å². The van der Waals surface area contributed by atoms with Crippen LogP contribution in [0.2, 0.25) is 0 Å². The van der Waals surface area contributed by atoms with E-state index in [1.807, 2.05) is 0 Å². The Hall–Kier alpha value is -0.570. The summed E-state index contributed by atoms with van der Waals surface area (Å²) in [4.78, 5) is 14.2. The normalized spacial score (nSPS) is 20.9. The minimum atomic E-state index is 0.223. The maximum Gasteiger partial charge on any atom is 0.219 e. The van der Waals surface area contributed by atoms with Crippen molar-refractivity contribution in [3.8, 4) is 0 Å².